The predicted molar refractivity (Wildman–Crippen MR) is 68.8 cm³/mol. The van der Waals surface area contributed by atoms with E-state index in [1.807, 2.05) is 0 Å². The Morgan fingerprint density at radius 3 is 1.40 bits per heavy atom. The van der Waals surface area contributed by atoms with Crippen LogP contribution in [-0.4, -0.2) is 24.7 Å². The van der Waals surface area contributed by atoms with Gasteiger partial charge in [-0.25, -0.2) is 0 Å². The second kappa shape index (κ2) is 5.16. The van der Waals surface area contributed by atoms with Gasteiger partial charge in [-0.15, -0.1) is 0 Å². The van der Waals surface area contributed by atoms with Gasteiger partial charge < -0.3 is 9.31 Å². The summed E-state index contributed by atoms with van der Waals surface area (Å²) in [5, 5.41) is 0. The van der Waals surface area contributed by atoms with Crippen LogP contribution in [0.5, 0.6) is 0 Å². The Bertz CT molecular complexity index is 183. The molecule has 0 amide bonds. The number of hydrogen-bond donors (Lipinski definition) is 0. The molecule has 0 spiro atoms. The first-order valence-electron chi connectivity index (χ1n) is 6.16. The van der Waals surface area contributed by atoms with Crippen molar-refractivity contribution in [1.29, 1.82) is 0 Å². The summed E-state index contributed by atoms with van der Waals surface area (Å²) in [6, 6.07) is 0. The summed E-state index contributed by atoms with van der Waals surface area (Å²) in [5.74, 6) is 0. The van der Waals surface area contributed by atoms with E-state index < -0.39 is 0 Å². The van der Waals surface area contributed by atoms with Crippen LogP contribution < -0.4 is 0 Å². The molecule has 2 nitrogen and oxygen atoms in total. The zero-order chi connectivity index (χ0) is 11.5. The van der Waals surface area contributed by atoms with Crippen LogP contribution >= 0.6 is 8.46 Å². The van der Waals surface area contributed by atoms with Crippen molar-refractivity contribution in [3.8, 4) is 0 Å². The van der Waals surface area contributed by atoms with Crippen LogP contribution in [0, 0.1) is 0 Å². The Balaban J connectivity index is 3.00. The van der Waals surface area contributed by atoms with Crippen LogP contribution in [0.4, 0.5) is 0 Å². The summed E-state index contributed by atoms with van der Waals surface area (Å²) in [6.07, 6.45) is 4.19. The molecule has 1 saturated heterocycles. The van der Waals surface area contributed by atoms with E-state index in [0.717, 1.165) is 25.7 Å². The van der Waals surface area contributed by atoms with Gasteiger partial charge in [-0.3, -0.25) is 0 Å². The monoisotopic (exact) mass is 230 g/mol. The zero-order valence-electron chi connectivity index (χ0n) is 10.7. The van der Waals surface area contributed by atoms with Crippen LogP contribution in [0.25, 0.3) is 0 Å². The fourth-order valence-corrected chi connectivity index (χ4v) is 3.58. The summed E-state index contributed by atoms with van der Waals surface area (Å²) in [5.41, 5.74) is -0.103. The Morgan fingerprint density at radius 1 is 0.867 bits per heavy atom. The predicted octanol–water partition coefficient (Wildman–Crippen LogP) is 3.44. The molecule has 1 fully saturated rings. The molecule has 0 aromatic carbocycles. The highest BCUT2D eigenvalue weighted by Gasteiger charge is 2.57. The van der Waals surface area contributed by atoms with Crippen LogP contribution in [0.1, 0.15) is 53.4 Å². The van der Waals surface area contributed by atoms with E-state index in [1.165, 1.54) is 0 Å². The highest BCUT2D eigenvalue weighted by molar-refractivity contribution is 7.73. The molecule has 1 rings (SSSR count). The lowest BCUT2D eigenvalue weighted by atomic mass is 9.75. The zero-order valence-corrected chi connectivity index (χ0v) is 11.7. The molecule has 0 aromatic heterocycles. The van der Waals surface area contributed by atoms with Crippen LogP contribution in [0.2, 0.25) is 0 Å². The van der Waals surface area contributed by atoms with Crippen molar-refractivity contribution in [2.24, 2.45) is 0 Å². The largest absolute Gasteiger partial charge is 0.482 e. The fraction of sp³-hybridized carbons (Fsp3) is 1.00. The van der Waals surface area contributed by atoms with Crippen molar-refractivity contribution < 1.29 is 9.31 Å². The lowest BCUT2D eigenvalue weighted by molar-refractivity contribution is -0.0601. The molecule has 15 heavy (non-hydrogen) atoms. The highest BCUT2D eigenvalue weighted by atomic mass is 31.1. The van der Waals surface area contributed by atoms with Crippen molar-refractivity contribution in [3.63, 3.8) is 0 Å². The molecule has 0 bridgehead atoms. The summed E-state index contributed by atoms with van der Waals surface area (Å²) in [4.78, 5) is 0. The fourth-order valence-electron chi connectivity index (χ4n) is 2.89. The smallest absolute Gasteiger partial charge is 0.399 e. The first kappa shape index (κ1) is 13.5. The first-order valence-corrected chi connectivity index (χ1v) is 7.74. The molecule has 0 N–H and O–H groups in total. The van der Waals surface area contributed by atoms with Gasteiger partial charge in [0.1, 0.15) is 0 Å². The molecule has 0 aliphatic carbocycles. The van der Waals surface area contributed by atoms with Crippen LogP contribution in [0.3, 0.4) is 0 Å². The maximum absolute atomic E-state index is 6.18. The van der Waals surface area contributed by atoms with E-state index in [9.17, 15) is 0 Å². The molecule has 0 saturated carbocycles. The Morgan fingerprint density at radius 2 is 1.20 bits per heavy atom. The molecule has 0 radical (unpaired) electrons. The third-order valence-corrected chi connectivity index (χ3v) is 4.72. The van der Waals surface area contributed by atoms with Gasteiger partial charge in [0.15, 0.2) is 0 Å². The molecule has 1 aliphatic rings. The maximum atomic E-state index is 6.18. The topological polar surface area (TPSA) is 18.5 Å². The van der Waals surface area contributed by atoms with Gasteiger partial charge in [-0.2, -0.15) is 0 Å². The Hall–Kier alpha value is 0.415. The lowest BCUT2D eigenvalue weighted by Gasteiger charge is -2.42. The minimum Gasteiger partial charge on any atom is -0.399 e. The summed E-state index contributed by atoms with van der Waals surface area (Å²) < 4.78 is 12.4. The van der Waals surface area contributed by atoms with Gasteiger partial charge in [-0.05, 0) is 32.3 Å². The quantitative estimate of drug-likeness (QED) is 0.532. The van der Waals surface area contributed by atoms with E-state index in [2.05, 4.69) is 34.4 Å². The average Bonchev–Trinajstić information content (AvgIpc) is 2.64. The average molecular weight is 230 g/mol. The third kappa shape index (κ3) is 1.99. The van der Waals surface area contributed by atoms with Crippen molar-refractivity contribution in [1.82, 2.24) is 0 Å². The molecule has 1 heterocycles. The molecule has 88 valence electrons. The molecule has 1 aliphatic heterocycles. The third-order valence-electron chi connectivity index (χ3n) is 4.02. The molecule has 4 heteroatoms. The van der Waals surface area contributed by atoms with E-state index in [1.54, 1.807) is 0 Å². The van der Waals surface area contributed by atoms with E-state index in [-0.39, 0.29) is 18.0 Å². The Labute approximate surface area is 96.4 Å². The second-order valence-electron chi connectivity index (χ2n) is 4.26. The van der Waals surface area contributed by atoms with E-state index in [0.29, 0.717) is 8.46 Å². The normalized spacial score (nSPS) is 24.2. The summed E-state index contributed by atoms with van der Waals surface area (Å²) in [7, 11) is 0.713. The van der Waals surface area contributed by atoms with Gasteiger partial charge >= 0.3 is 6.84 Å². The minimum absolute atomic E-state index is 0.0322. The molecule has 1 unspecified atom stereocenters. The number of hydrogen-bond acceptors (Lipinski definition) is 2. The Kier molecular flexibility index (Phi) is 4.64. The van der Waals surface area contributed by atoms with Gasteiger partial charge in [0.25, 0.3) is 0 Å². The molecular weight excluding hydrogens is 206 g/mol. The van der Waals surface area contributed by atoms with E-state index >= 15 is 0 Å². The second-order valence-corrected chi connectivity index (χ2v) is 5.31. The van der Waals surface area contributed by atoms with Crippen molar-refractivity contribution in [2.75, 3.05) is 6.66 Å². The molecular formula is C11H24BO2P. The van der Waals surface area contributed by atoms with Crippen molar-refractivity contribution >= 4 is 15.3 Å². The van der Waals surface area contributed by atoms with Crippen molar-refractivity contribution in [2.45, 2.75) is 64.6 Å². The molecule has 0 aromatic rings. The standard InChI is InChI=1S/C11H24BO2P/c1-6-10(7-2)11(8-3,9-4)14-12(13-10)15-5/h15H,6-9H2,1-5H3. The van der Waals surface area contributed by atoms with Crippen LogP contribution in [-0.2, 0) is 9.31 Å². The number of rotatable bonds is 5. The van der Waals surface area contributed by atoms with Gasteiger partial charge in [0, 0.05) is 0 Å². The summed E-state index contributed by atoms with van der Waals surface area (Å²) in [6.45, 7) is 11.1. The lowest BCUT2D eigenvalue weighted by Crippen LogP contribution is -2.50. The van der Waals surface area contributed by atoms with Gasteiger partial charge in [0.05, 0.1) is 11.2 Å². The van der Waals surface area contributed by atoms with E-state index in [4.69, 9.17) is 9.31 Å². The summed E-state index contributed by atoms with van der Waals surface area (Å²) >= 11 is 0. The highest BCUT2D eigenvalue weighted by Crippen LogP contribution is 2.49. The van der Waals surface area contributed by atoms with Crippen LogP contribution in [0.15, 0.2) is 0 Å². The van der Waals surface area contributed by atoms with Gasteiger partial charge in [-0.1, -0.05) is 36.2 Å². The van der Waals surface area contributed by atoms with Crippen molar-refractivity contribution in [3.05, 3.63) is 0 Å². The first-order chi connectivity index (χ1) is 7.13. The molecule has 1 atom stereocenters. The van der Waals surface area contributed by atoms with Gasteiger partial charge in [0.2, 0.25) is 0 Å². The SMILES string of the molecule is CCC1(CC)OB(PC)OC1(CC)CC. The maximum Gasteiger partial charge on any atom is 0.482 e. The minimum atomic E-state index is -0.0514.